The summed E-state index contributed by atoms with van der Waals surface area (Å²) in [6.07, 6.45) is 1.14. The minimum atomic E-state index is 0.275. The molecule has 0 radical (unpaired) electrons. The second-order valence-corrected chi connectivity index (χ2v) is 2.79. The first-order chi connectivity index (χ1) is 5.24. The van der Waals surface area contributed by atoms with Crippen molar-refractivity contribution in [1.29, 1.82) is 0 Å². The molecule has 3 heteroatoms. The van der Waals surface area contributed by atoms with Crippen molar-refractivity contribution < 1.29 is 4.79 Å². The summed E-state index contributed by atoms with van der Waals surface area (Å²) >= 11 is 0. The Balaban J connectivity index is 2.42. The first-order valence-electron chi connectivity index (χ1n) is 4.00. The number of nitrogens with zero attached hydrogens (tertiary/aromatic N) is 2. The van der Waals surface area contributed by atoms with Crippen LogP contribution in [0.5, 0.6) is 0 Å². The molecule has 0 aromatic carbocycles. The molecule has 1 aliphatic heterocycles. The minimum absolute atomic E-state index is 0.275. The maximum absolute atomic E-state index is 11.0. The predicted molar refractivity (Wildman–Crippen MR) is 44.8 cm³/mol. The lowest BCUT2D eigenvalue weighted by molar-refractivity contribution is -0.117. The zero-order valence-corrected chi connectivity index (χ0v) is 7.13. The van der Waals surface area contributed by atoms with Gasteiger partial charge in [-0.1, -0.05) is 6.92 Å². The van der Waals surface area contributed by atoms with E-state index in [1.807, 2.05) is 18.9 Å². The van der Waals surface area contributed by atoms with E-state index in [1.165, 1.54) is 0 Å². The summed E-state index contributed by atoms with van der Waals surface area (Å²) in [6, 6.07) is 0. The quantitative estimate of drug-likeness (QED) is 0.599. The maximum Gasteiger partial charge on any atom is 0.140 e. The highest BCUT2D eigenvalue weighted by Crippen LogP contribution is 2.03. The van der Waals surface area contributed by atoms with Crippen LogP contribution in [0.4, 0.5) is 0 Å². The number of carbonyl (C=O) groups excluding carboxylic acids is 1. The molecule has 1 aliphatic rings. The Kier molecular flexibility index (Phi) is 2.63. The molecule has 0 unspecified atom stereocenters. The highest BCUT2D eigenvalue weighted by Gasteiger charge is 2.14. The molecule has 0 amide bonds. The molecule has 0 atom stereocenters. The molecule has 0 saturated heterocycles. The van der Waals surface area contributed by atoms with Gasteiger partial charge >= 0.3 is 0 Å². The summed E-state index contributed by atoms with van der Waals surface area (Å²) in [7, 11) is 1.98. The van der Waals surface area contributed by atoms with Gasteiger partial charge in [0, 0.05) is 20.0 Å². The molecular weight excluding hydrogens is 140 g/mol. The van der Waals surface area contributed by atoms with Gasteiger partial charge < -0.3 is 4.90 Å². The Hall–Kier alpha value is -0.860. The largest absolute Gasteiger partial charge is 0.361 e. The smallest absolute Gasteiger partial charge is 0.140 e. The maximum atomic E-state index is 11.0. The Morgan fingerprint density at radius 2 is 2.45 bits per heavy atom. The highest BCUT2D eigenvalue weighted by atomic mass is 16.1. The summed E-state index contributed by atoms with van der Waals surface area (Å²) in [4.78, 5) is 17.3. The Bertz CT molecular complexity index is 187. The third-order valence-corrected chi connectivity index (χ3v) is 1.92. The standard InChI is InChI=1S/C8H14N2O/c1-3-7(11)6-8-9-4-5-10(8)2/h3-6H2,1-2H3. The van der Waals surface area contributed by atoms with E-state index in [4.69, 9.17) is 0 Å². The van der Waals surface area contributed by atoms with Crippen molar-refractivity contribution in [2.24, 2.45) is 4.99 Å². The Labute approximate surface area is 67.1 Å². The summed E-state index contributed by atoms with van der Waals surface area (Å²) in [5.41, 5.74) is 0. The normalized spacial score (nSPS) is 16.9. The third-order valence-electron chi connectivity index (χ3n) is 1.92. The van der Waals surface area contributed by atoms with Crippen LogP contribution in [-0.4, -0.2) is 36.7 Å². The van der Waals surface area contributed by atoms with E-state index in [9.17, 15) is 4.79 Å². The van der Waals surface area contributed by atoms with Gasteiger partial charge in [-0.05, 0) is 0 Å². The van der Waals surface area contributed by atoms with Crippen molar-refractivity contribution in [3.05, 3.63) is 0 Å². The van der Waals surface area contributed by atoms with E-state index in [1.54, 1.807) is 0 Å². The van der Waals surface area contributed by atoms with Gasteiger partial charge in [-0.3, -0.25) is 9.79 Å². The number of aliphatic imine (C=N–C) groups is 1. The van der Waals surface area contributed by atoms with Gasteiger partial charge in [0.2, 0.25) is 0 Å². The Morgan fingerprint density at radius 3 is 2.91 bits per heavy atom. The molecule has 0 bridgehead atoms. The summed E-state index contributed by atoms with van der Waals surface area (Å²) in [5.74, 6) is 1.23. The number of carbonyl (C=O) groups is 1. The molecule has 0 aliphatic carbocycles. The van der Waals surface area contributed by atoms with Crippen molar-refractivity contribution in [2.45, 2.75) is 19.8 Å². The van der Waals surface area contributed by atoms with Crippen LogP contribution in [0.3, 0.4) is 0 Å². The van der Waals surface area contributed by atoms with Crippen LogP contribution >= 0.6 is 0 Å². The van der Waals surface area contributed by atoms with Crippen molar-refractivity contribution in [3.63, 3.8) is 0 Å². The number of Topliss-reactive ketones (excluding diaryl/α,β-unsaturated/α-hetero) is 1. The molecule has 0 saturated carbocycles. The van der Waals surface area contributed by atoms with Crippen molar-refractivity contribution in [2.75, 3.05) is 20.1 Å². The van der Waals surface area contributed by atoms with Crippen LogP contribution in [0.15, 0.2) is 4.99 Å². The summed E-state index contributed by atoms with van der Waals surface area (Å²) < 4.78 is 0. The van der Waals surface area contributed by atoms with Gasteiger partial charge in [0.1, 0.15) is 11.6 Å². The highest BCUT2D eigenvalue weighted by molar-refractivity contribution is 6.01. The first kappa shape index (κ1) is 8.24. The fraction of sp³-hybridized carbons (Fsp3) is 0.750. The number of amidine groups is 1. The lowest BCUT2D eigenvalue weighted by Crippen LogP contribution is -2.24. The zero-order chi connectivity index (χ0) is 8.27. The topological polar surface area (TPSA) is 32.7 Å². The van der Waals surface area contributed by atoms with Gasteiger partial charge in [0.15, 0.2) is 0 Å². The molecule has 1 rings (SSSR count). The molecular formula is C8H14N2O. The molecule has 3 nitrogen and oxygen atoms in total. The average molecular weight is 154 g/mol. The molecule has 0 spiro atoms. The molecule has 11 heavy (non-hydrogen) atoms. The molecule has 62 valence electrons. The second-order valence-electron chi connectivity index (χ2n) is 2.79. The van der Waals surface area contributed by atoms with Crippen molar-refractivity contribution in [1.82, 2.24) is 4.90 Å². The van der Waals surface area contributed by atoms with Crippen LogP contribution in [-0.2, 0) is 4.79 Å². The van der Waals surface area contributed by atoms with Gasteiger partial charge in [-0.2, -0.15) is 0 Å². The lowest BCUT2D eigenvalue weighted by atomic mass is 10.2. The second kappa shape index (κ2) is 3.51. The zero-order valence-electron chi connectivity index (χ0n) is 7.13. The summed E-state index contributed by atoms with van der Waals surface area (Å²) in [5, 5.41) is 0. The molecule has 0 aromatic rings. The number of ketones is 1. The molecule has 0 N–H and O–H groups in total. The third kappa shape index (κ3) is 2.03. The van der Waals surface area contributed by atoms with Crippen LogP contribution in [0.2, 0.25) is 0 Å². The van der Waals surface area contributed by atoms with Crippen molar-refractivity contribution in [3.8, 4) is 0 Å². The SMILES string of the molecule is CCC(=O)CC1=NCCN1C. The fourth-order valence-electron chi connectivity index (χ4n) is 1.07. The average Bonchev–Trinajstić information content (AvgIpc) is 2.37. The number of hydrogen-bond donors (Lipinski definition) is 0. The molecule has 0 fully saturated rings. The van der Waals surface area contributed by atoms with Gasteiger partial charge in [0.25, 0.3) is 0 Å². The number of hydrogen-bond acceptors (Lipinski definition) is 3. The summed E-state index contributed by atoms with van der Waals surface area (Å²) in [6.45, 7) is 3.70. The first-order valence-corrected chi connectivity index (χ1v) is 4.00. The predicted octanol–water partition coefficient (Wildman–Crippen LogP) is 0.700. The van der Waals surface area contributed by atoms with Gasteiger partial charge in [-0.15, -0.1) is 0 Å². The number of likely N-dealkylation sites (N-methyl/N-ethyl adjacent to an activating group) is 1. The van der Waals surface area contributed by atoms with E-state index < -0.39 is 0 Å². The lowest BCUT2D eigenvalue weighted by Gasteiger charge is -2.11. The van der Waals surface area contributed by atoms with Crippen LogP contribution < -0.4 is 0 Å². The van der Waals surface area contributed by atoms with Crippen LogP contribution in [0, 0.1) is 0 Å². The van der Waals surface area contributed by atoms with E-state index in [-0.39, 0.29) is 5.78 Å². The van der Waals surface area contributed by atoms with Gasteiger partial charge in [0.05, 0.1) is 13.0 Å². The van der Waals surface area contributed by atoms with Crippen LogP contribution in [0.1, 0.15) is 19.8 Å². The van der Waals surface area contributed by atoms with E-state index in [0.29, 0.717) is 12.8 Å². The van der Waals surface area contributed by atoms with Crippen LogP contribution in [0.25, 0.3) is 0 Å². The Morgan fingerprint density at radius 1 is 1.73 bits per heavy atom. The van der Waals surface area contributed by atoms with Gasteiger partial charge in [-0.25, -0.2) is 0 Å². The molecule has 1 heterocycles. The minimum Gasteiger partial charge on any atom is -0.361 e. The fourth-order valence-corrected chi connectivity index (χ4v) is 1.07. The monoisotopic (exact) mass is 154 g/mol. The van der Waals surface area contributed by atoms with E-state index in [2.05, 4.69) is 4.99 Å². The van der Waals surface area contributed by atoms with Crippen molar-refractivity contribution >= 4 is 11.6 Å². The van der Waals surface area contributed by atoms with E-state index in [0.717, 1.165) is 18.9 Å². The number of rotatable bonds is 3. The van der Waals surface area contributed by atoms with E-state index >= 15 is 0 Å². The molecule has 0 aromatic heterocycles.